The van der Waals surface area contributed by atoms with Crippen LogP contribution in [0.25, 0.3) is 0 Å². The first-order chi connectivity index (χ1) is 8.45. The highest BCUT2D eigenvalue weighted by atomic mass is 32.2. The van der Waals surface area contributed by atoms with Crippen LogP contribution in [0.5, 0.6) is 0 Å². The number of pyridine rings is 2. The van der Waals surface area contributed by atoms with Gasteiger partial charge in [-0.2, -0.15) is 13.2 Å². The third-order valence-electron chi connectivity index (χ3n) is 2.03. The number of hydrogen-bond donors (Lipinski definition) is 1. The zero-order valence-electron chi connectivity index (χ0n) is 8.98. The van der Waals surface area contributed by atoms with Crippen molar-refractivity contribution in [2.24, 2.45) is 0 Å². The monoisotopic (exact) mass is 271 g/mol. The second kappa shape index (κ2) is 4.85. The van der Waals surface area contributed by atoms with Crippen LogP contribution in [-0.2, 0) is 6.18 Å². The van der Waals surface area contributed by atoms with Gasteiger partial charge in [0.25, 0.3) is 0 Å². The van der Waals surface area contributed by atoms with Gasteiger partial charge in [-0.25, -0.2) is 9.97 Å². The summed E-state index contributed by atoms with van der Waals surface area (Å²) in [5.74, 6) is 0. The normalized spacial score (nSPS) is 11.5. The van der Waals surface area contributed by atoms with Crippen LogP contribution in [-0.4, -0.2) is 9.97 Å². The van der Waals surface area contributed by atoms with Crippen LogP contribution in [0.15, 0.2) is 46.7 Å². The molecule has 0 aliphatic carbocycles. The molecule has 0 bridgehead atoms. The fourth-order valence-electron chi connectivity index (χ4n) is 1.20. The van der Waals surface area contributed by atoms with Crippen LogP contribution in [0.3, 0.4) is 0 Å². The second-order valence-electron chi connectivity index (χ2n) is 3.41. The Morgan fingerprint density at radius 2 is 1.83 bits per heavy atom. The van der Waals surface area contributed by atoms with Gasteiger partial charge >= 0.3 is 6.18 Å². The van der Waals surface area contributed by atoms with Gasteiger partial charge in [0, 0.05) is 18.1 Å². The van der Waals surface area contributed by atoms with E-state index < -0.39 is 11.7 Å². The van der Waals surface area contributed by atoms with E-state index in [1.54, 1.807) is 12.1 Å². The zero-order chi connectivity index (χ0) is 13.2. The van der Waals surface area contributed by atoms with Gasteiger partial charge in [-0.1, -0.05) is 11.8 Å². The molecule has 0 radical (unpaired) electrons. The lowest BCUT2D eigenvalue weighted by atomic mass is 10.3. The summed E-state index contributed by atoms with van der Waals surface area (Å²) in [4.78, 5) is 7.76. The third-order valence-corrected chi connectivity index (χ3v) is 2.91. The molecule has 0 aliphatic heterocycles. The first-order valence-electron chi connectivity index (χ1n) is 4.88. The Labute approximate surface area is 105 Å². The van der Waals surface area contributed by atoms with E-state index in [1.807, 2.05) is 0 Å². The van der Waals surface area contributed by atoms with E-state index in [0.29, 0.717) is 15.7 Å². The molecule has 2 heterocycles. The maximum Gasteiger partial charge on any atom is 0.417 e. The molecule has 0 saturated carbocycles. The number of nitrogens with zero attached hydrogens (tertiary/aromatic N) is 2. The predicted octanol–water partition coefficient (Wildman–Crippen LogP) is 3.23. The molecule has 3 nitrogen and oxygen atoms in total. The van der Waals surface area contributed by atoms with Crippen LogP contribution >= 0.6 is 11.8 Å². The maximum atomic E-state index is 12.3. The van der Waals surface area contributed by atoms with E-state index in [1.165, 1.54) is 12.3 Å². The largest absolute Gasteiger partial charge is 0.417 e. The molecule has 0 saturated heterocycles. The van der Waals surface area contributed by atoms with Crippen LogP contribution < -0.4 is 5.73 Å². The van der Waals surface area contributed by atoms with Crippen LogP contribution in [0.1, 0.15) is 5.56 Å². The number of halogens is 3. The van der Waals surface area contributed by atoms with Crippen LogP contribution in [0, 0.1) is 0 Å². The Morgan fingerprint density at radius 3 is 2.39 bits per heavy atom. The molecule has 18 heavy (non-hydrogen) atoms. The fourth-order valence-corrected chi connectivity index (χ4v) is 1.96. The summed E-state index contributed by atoms with van der Waals surface area (Å²) in [5.41, 5.74) is 5.34. The van der Waals surface area contributed by atoms with Crippen molar-refractivity contribution in [2.75, 3.05) is 5.73 Å². The molecule has 94 valence electrons. The number of hydrogen-bond acceptors (Lipinski definition) is 4. The smallest absolute Gasteiger partial charge is 0.399 e. The van der Waals surface area contributed by atoms with Crippen molar-refractivity contribution in [1.82, 2.24) is 9.97 Å². The van der Waals surface area contributed by atoms with Crippen molar-refractivity contribution in [3.05, 3.63) is 42.2 Å². The number of nitrogen functional groups attached to an aromatic ring is 1. The molecule has 0 fully saturated rings. The highest BCUT2D eigenvalue weighted by Crippen LogP contribution is 2.31. The minimum atomic E-state index is -4.37. The SMILES string of the molecule is Nc1ccnc(Sc2ccc(C(F)(F)F)cn2)c1. The fraction of sp³-hybridized carbons (Fsp3) is 0.0909. The Balaban J connectivity index is 2.16. The van der Waals surface area contributed by atoms with Gasteiger partial charge in [-0.05, 0) is 24.3 Å². The Hall–Kier alpha value is -1.76. The van der Waals surface area contributed by atoms with E-state index in [-0.39, 0.29) is 0 Å². The number of rotatable bonds is 2. The molecule has 0 aromatic carbocycles. The second-order valence-corrected chi connectivity index (χ2v) is 4.45. The summed E-state index contributed by atoms with van der Waals surface area (Å²) in [6.07, 6.45) is -2.04. The lowest BCUT2D eigenvalue weighted by Gasteiger charge is -2.06. The molecule has 0 aliphatic rings. The molecule has 2 aromatic rings. The summed E-state index contributed by atoms with van der Waals surface area (Å²) in [6.45, 7) is 0. The molecule has 0 amide bonds. The molecule has 0 unspecified atom stereocenters. The minimum Gasteiger partial charge on any atom is -0.399 e. The van der Waals surface area contributed by atoms with Gasteiger partial charge in [0.05, 0.1) is 5.56 Å². The third kappa shape index (κ3) is 3.13. The van der Waals surface area contributed by atoms with Crippen molar-refractivity contribution in [3.63, 3.8) is 0 Å². The van der Waals surface area contributed by atoms with Gasteiger partial charge < -0.3 is 5.73 Å². The van der Waals surface area contributed by atoms with Gasteiger partial charge in [0.1, 0.15) is 10.1 Å². The maximum absolute atomic E-state index is 12.3. The molecular formula is C11H8F3N3S. The van der Waals surface area contributed by atoms with Gasteiger partial charge in [-0.3, -0.25) is 0 Å². The minimum absolute atomic E-state index is 0.432. The lowest BCUT2D eigenvalue weighted by molar-refractivity contribution is -0.137. The number of alkyl halides is 3. The first-order valence-corrected chi connectivity index (χ1v) is 5.69. The van der Waals surface area contributed by atoms with Crippen molar-refractivity contribution < 1.29 is 13.2 Å². The Morgan fingerprint density at radius 1 is 1.06 bits per heavy atom. The van der Waals surface area contributed by atoms with E-state index in [9.17, 15) is 13.2 Å². The average molecular weight is 271 g/mol. The molecule has 7 heteroatoms. The molecular weight excluding hydrogens is 263 g/mol. The average Bonchev–Trinajstić information content (AvgIpc) is 2.28. The van der Waals surface area contributed by atoms with Crippen molar-refractivity contribution in [1.29, 1.82) is 0 Å². The number of anilines is 1. The van der Waals surface area contributed by atoms with Crippen LogP contribution in [0.2, 0.25) is 0 Å². The zero-order valence-corrected chi connectivity index (χ0v) is 9.79. The van der Waals surface area contributed by atoms with Gasteiger partial charge in [0.15, 0.2) is 0 Å². The van der Waals surface area contributed by atoms with Crippen molar-refractivity contribution >= 4 is 17.4 Å². The summed E-state index contributed by atoms with van der Waals surface area (Å²) in [6, 6.07) is 5.55. The lowest BCUT2D eigenvalue weighted by Crippen LogP contribution is -2.05. The predicted molar refractivity (Wildman–Crippen MR) is 62.0 cm³/mol. The van der Waals surface area contributed by atoms with Gasteiger partial charge in [0.2, 0.25) is 0 Å². The topological polar surface area (TPSA) is 51.8 Å². The summed E-state index contributed by atoms with van der Waals surface area (Å²) < 4.78 is 37.0. The standard InChI is InChI=1S/C11H8F3N3S/c12-11(13,14)7-1-2-9(17-6-7)18-10-5-8(15)3-4-16-10/h1-6H,(H2,15,16). The van der Waals surface area contributed by atoms with Gasteiger partial charge in [-0.15, -0.1) is 0 Å². The van der Waals surface area contributed by atoms with E-state index in [2.05, 4.69) is 9.97 Å². The first kappa shape index (κ1) is 12.7. The summed E-state index contributed by atoms with van der Waals surface area (Å²) in [7, 11) is 0. The number of aromatic nitrogens is 2. The Kier molecular flexibility index (Phi) is 3.42. The Bertz CT molecular complexity index is 540. The summed E-state index contributed by atoms with van der Waals surface area (Å²) in [5, 5.41) is 1.02. The van der Waals surface area contributed by atoms with Crippen molar-refractivity contribution in [2.45, 2.75) is 16.2 Å². The van der Waals surface area contributed by atoms with Crippen LogP contribution in [0.4, 0.5) is 18.9 Å². The molecule has 0 spiro atoms. The molecule has 2 aromatic heterocycles. The number of nitrogens with two attached hydrogens (primary N) is 1. The highest BCUT2D eigenvalue weighted by Gasteiger charge is 2.30. The summed E-state index contributed by atoms with van der Waals surface area (Å²) >= 11 is 1.15. The van der Waals surface area contributed by atoms with E-state index in [0.717, 1.165) is 24.0 Å². The molecule has 2 rings (SSSR count). The van der Waals surface area contributed by atoms with E-state index >= 15 is 0 Å². The quantitative estimate of drug-likeness (QED) is 0.911. The highest BCUT2D eigenvalue weighted by molar-refractivity contribution is 7.99. The van der Waals surface area contributed by atoms with Crippen molar-refractivity contribution in [3.8, 4) is 0 Å². The van der Waals surface area contributed by atoms with E-state index in [4.69, 9.17) is 5.73 Å². The molecule has 0 atom stereocenters. The molecule has 2 N–H and O–H groups in total.